The summed E-state index contributed by atoms with van der Waals surface area (Å²) in [6, 6.07) is -1.06. The molecule has 0 aromatic rings. The number of esters is 1. The molecule has 8 heteroatoms. The summed E-state index contributed by atoms with van der Waals surface area (Å²) in [5, 5.41) is 16.9. The van der Waals surface area contributed by atoms with E-state index in [0.717, 1.165) is 6.42 Å². The number of aliphatic hydroxyl groups is 1. The van der Waals surface area contributed by atoms with Crippen molar-refractivity contribution in [2.24, 2.45) is 11.8 Å². The molecular weight excluding hydrogens is 364 g/mol. The molecule has 1 aliphatic rings. The Hall–Kier alpha value is -1.83. The van der Waals surface area contributed by atoms with Crippen molar-refractivity contribution in [1.29, 1.82) is 0 Å². The minimum atomic E-state index is -1.80. The summed E-state index contributed by atoms with van der Waals surface area (Å²) < 4.78 is 10.5. The number of rotatable bonds is 7. The molecule has 1 fully saturated rings. The van der Waals surface area contributed by atoms with Crippen LogP contribution in [0, 0.1) is 11.8 Å². The van der Waals surface area contributed by atoms with E-state index in [9.17, 15) is 19.5 Å². The maximum Gasteiger partial charge on any atom is 0.407 e. The van der Waals surface area contributed by atoms with E-state index < -0.39 is 41.3 Å². The first-order valence-corrected chi connectivity index (χ1v) is 10.0. The molecule has 1 saturated carbocycles. The highest BCUT2D eigenvalue weighted by Gasteiger charge is 2.58. The number of amides is 2. The third-order valence-corrected chi connectivity index (χ3v) is 5.17. The lowest BCUT2D eigenvalue weighted by Gasteiger charge is -2.39. The molecule has 3 N–H and O–H groups in total. The number of nitrogens with one attached hydrogen (secondary N) is 2. The molecule has 0 radical (unpaired) electrons. The van der Waals surface area contributed by atoms with E-state index in [2.05, 4.69) is 10.6 Å². The molecule has 0 aromatic carbocycles. The van der Waals surface area contributed by atoms with Gasteiger partial charge in [-0.05, 0) is 46.5 Å². The van der Waals surface area contributed by atoms with Gasteiger partial charge in [-0.15, -0.1) is 0 Å². The van der Waals surface area contributed by atoms with Crippen molar-refractivity contribution in [3.05, 3.63) is 0 Å². The van der Waals surface area contributed by atoms with Crippen LogP contribution in [0.25, 0.3) is 0 Å². The van der Waals surface area contributed by atoms with E-state index in [1.807, 2.05) is 13.8 Å². The fraction of sp³-hybridized carbons (Fsp3) is 0.850. The predicted octanol–water partition coefficient (Wildman–Crippen LogP) is 2.13. The molecule has 28 heavy (non-hydrogen) atoms. The van der Waals surface area contributed by atoms with E-state index in [1.165, 1.54) is 6.92 Å². The smallest absolute Gasteiger partial charge is 0.407 e. The highest BCUT2D eigenvalue weighted by Crippen LogP contribution is 2.41. The SMILES string of the molecule is CCOC(=O)C1(O)CCC(NC(=O)OC(C)(C)C)C1C(NC(C)=O)C(C)CC. The zero-order valence-electron chi connectivity index (χ0n) is 18.1. The second-order valence-corrected chi connectivity index (χ2v) is 8.57. The van der Waals surface area contributed by atoms with Crippen molar-refractivity contribution in [2.75, 3.05) is 6.61 Å². The summed E-state index contributed by atoms with van der Waals surface area (Å²) in [5.41, 5.74) is -2.48. The zero-order chi connectivity index (χ0) is 21.7. The highest BCUT2D eigenvalue weighted by molar-refractivity contribution is 5.81. The molecular formula is C20H36N2O6. The summed E-state index contributed by atoms with van der Waals surface area (Å²) in [6.45, 7) is 12.4. The van der Waals surface area contributed by atoms with Crippen LogP contribution in [0.15, 0.2) is 0 Å². The van der Waals surface area contributed by atoms with Crippen LogP contribution in [0.4, 0.5) is 4.79 Å². The van der Waals surface area contributed by atoms with Crippen LogP contribution in [-0.2, 0) is 19.1 Å². The lowest BCUT2D eigenvalue weighted by Crippen LogP contribution is -2.60. The Labute approximate surface area is 167 Å². The minimum absolute atomic E-state index is 0.0316. The van der Waals surface area contributed by atoms with Gasteiger partial charge in [0.2, 0.25) is 5.91 Å². The van der Waals surface area contributed by atoms with Crippen LogP contribution >= 0.6 is 0 Å². The largest absolute Gasteiger partial charge is 0.464 e. The summed E-state index contributed by atoms with van der Waals surface area (Å²) in [5.74, 6) is -1.76. The number of carbonyl (C=O) groups is 3. The number of alkyl carbamates (subject to hydrolysis) is 1. The molecule has 0 bridgehead atoms. The Kier molecular flexibility index (Phi) is 8.29. The van der Waals surface area contributed by atoms with E-state index in [-0.39, 0.29) is 24.9 Å². The Morgan fingerprint density at radius 1 is 1.25 bits per heavy atom. The molecule has 8 nitrogen and oxygen atoms in total. The fourth-order valence-corrected chi connectivity index (χ4v) is 3.79. The van der Waals surface area contributed by atoms with Crippen molar-refractivity contribution >= 4 is 18.0 Å². The predicted molar refractivity (Wildman–Crippen MR) is 105 cm³/mol. The van der Waals surface area contributed by atoms with Crippen LogP contribution in [0.1, 0.15) is 67.7 Å². The summed E-state index contributed by atoms with van der Waals surface area (Å²) in [7, 11) is 0. The first-order valence-electron chi connectivity index (χ1n) is 10.0. The molecule has 0 spiro atoms. The van der Waals surface area contributed by atoms with Crippen LogP contribution in [-0.4, -0.2) is 53.0 Å². The van der Waals surface area contributed by atoms with E-state index in [1.54, 1.807) is 27.7 Å². The summed E-state index contributed by atoms with van der Waals surface area (Å²) >= 11 is 0. The quantitative estimate of drug-likeness (QED) is 0.564. The molecule has 5 atom stereocenters. The van der Waals surface area contributed by atoms with Crippen molar-refractivity contribution < 1.29 is 29.0 Å². The average molecular weight is 401 g/mol. The van der Waals surface area contributed by atoms with Gasteiger partial charge in [0.15, 0.2) is 5.60 Å². The maximum absolute atomic E-state index is 12.6. The topological polar surface area (TPSA) is 114 Å². The summed E-state index contributed by atoms with van der Waals surface area (Å²) in [4.78, 5) is 36.8. The minimum Gasteiger partial charge on any atom is -0.464 e. The maximum atomic E-state index is 12.6. The first kappa shape index (κ1) is 24.2. The van der Waals surface area contributed by atoms with E-state index in [4.69, 9.17) is 9.47 Å². The lowest BCUT2D eigenvalue weighted by atomic mass is 9.77. The van der Waals surface area contributed by atoms with Crippen LogP contribution in [0.2, 0.25) is 0 Å². The first-order chi connectivity index (χ1) is 12.9. The third kappa shape index (κ3) is 6.09. The highest BCUT2D eigenvalue weighted by atomic mass is 16.6. The van der Waals surface area contributed by atoms with Gasteiger partial charge >= 0.3 is 12.1 Å². The molecule has 1 rings (SSSR count). The van der Waals surface area contributed by atoms with Gasteiger partial charge in [-0.2, -0.15) is 0 Å². The molecule has 2 amide bonds. The second-order valence-electron chi connectivity index (χ2n) is 8.57. The Bertz CT molecular complexity index is 574. The Morgan fingerprint density at radius 2 is 1.86 bits per heavy atom. The molecule has 0 aliphatic heterocycles. The monoisotopic (exact) mass is 400 g/mol. The number of hydrogen-bond acceptors (Lipinski definition) is 6. The van der Waals surface area contributed by atoms with Crippen LogP contribution in [0.5, 0.6) is 0 Å². The fourth-order valence-electron chi connectivity index (χ4n) is 3.79. The molecule has 0 aromatic heterocycles. The van der Waals surface area contributed by atoms with Gasteiger partial charge in [-0.25, -0.2) is 9.59 Å². The van der Waals surface area contributed by atoms with Gasteiger partial charge < -0.3 is 25.2 Å². The number of ether oxygens (including phenoxy) is 2. The van der Waals surface area contributed by atoms with Crippen LogP contribution in [0.3, 0.4) is 0 Å². The van der Waals surface area contributed by atoms with Gasteiger partial charge in [-0.1, -0.05) is 20.3 Å². The zero-order valence-corrected chi connectivity index (χ0v) is 18.1. The molecule has 162 valence electrons. The van der Waals surface area contributed by atoms with Crippen molar-refractivity contribution in [3.8, 4) is 0 Å². The van der Waals surface area contributed by atoms with Gasteiger partial charge in [0.1, 0.15) is 5.60 Å². The van der Waals surface area contributed by atoms with Crippen molar-refractivity contribution in [3.63, 3.8) is 0 Å². The standard InChI is InChI=1S/C20H36N2O6/c1-8-12(3)16(21-13(4)23)15-14(22-18(25)28-19(5,6)7)10-11-20(15,26)17(24)27-9-2/h12,14-16,26H,8-11H2,1-7H3,(H,21,23)(H,22,25). The number of carbonyl (C=O) groups excluding carboxylic acids is 3. The normalized spacial score (nSPS) is 26.9. The molecule has 5 unspecified atom stereocenters. The molecule has 0 saturated heterocycles. The van der Waals surface area contributed by atoms with Gasteiger partial charge in [0.25, 0.3) is 0 Å². The van der Waals surface area contributed by atoms with E-state index >= 15 is 0 Å². The van der Waals surface area contributed by atoms with Gasteiger partial charge in [-0.3, -0.25) is 4.79 Å². The van der Waals surface area contributed by atoms with Gasteiger partial charge in [0.05, 0.1) is 6.61 Å². The van der Waals surface area contributed by atoms with E-state index in [0.29, 0.717) is 6.42 Å². The average Bonchev–Trinajstić information content (AvgIpc) is 2.88. The Balaban J connectivity index is 3.25. The molecule has 1 aliphatic carbocycles. The third-order valence-electron chi connectivity index (χ3n) is 5.17. The van der Waals surface area contributed by atoms with Crippen LogP contribution < -0.4 is 10.6 Å². The number of hydrogen-bond donors (Lipinski definition) is 3. The summed E-state index contributed by atoms with van der Waals surface area (Å²) in [6.07, 6.45) is 0.593. The Morgan fingerprint density at radius 3 is 2.32 bits per heavy atom. The molecule has 0 heterocycles. The lowest BCUT2D eigenvalue weighted by molar-refractivity contribution is -0.171. The van der Waals surface area contributed by atoms with Crippen molar-refractivity contribution in [2.45, 2.75) is 91.0 Å². The van der Waals surface area contributed by atoms with Gasteiger partial charge in [0, 0.05) is 24.9 Å². The second kappa shape index (κ2) is 9.58. The van der Waals surface area contributed by atoms with Crippen molar-refractivity contribution in [1.82, 2.24) is 10.6 Å².